The van der Waals surface area contributed by atoms with Crippen LogP contribution in [0.3, 0.4) is 0 Å². The molecule has 1 aromatic heterocycles. The number of aromatic nitrogens is 2. The van der Waals surface area contributed by atoms with E-state index in [2.05, 4.69) is 41.0 Å². The number of benzene rings is 3. The summed E-state index contributed by atoms with van der Waals surface area (Å²) in [7, 11) is 0. The van der Waals surface area contributed by atoms with Crippen LogP contribution in [-0.4, -0.2) is 21.4 Å². The number of amides is 2. The van der Waals surface area contributed by atoms with Crippen molar-refractivity contribution < 1.29 is 9.59 Å². The molecule has 7 heteroatoms. The third-order valence-electron chi connectivity index (χ3n) is 6.13. The fourth-order valence-electron chi connectivity index (χ4n) is 4.18. The number of nitriles is 1. The Kier molecular flexibility index (Phi) is 8.11. The molecule has 0 aliphatic heterocycles. The molecule has 0 radical (unpaired) electrons. The Bertz CT molecular complexity index is 1430. The van der Waals surface area contributed by atoms with Gasteiger partial charge in [-0.15, -0.1) is 0 Å². The molecular weight excluding hydrogens is 462 g/mol. The van der Waals surface area contributed by atoms with Crippen LogP contribution in [-0.2, 0) is 17.8 Å². The van der Waals surface area contributed by atoms with Crippen molar-refractivity contribution in [2.75, 3.05) is 0 Å². The van der Waals surface area contributed by atoms with Crippen LogP contribution >= 0.6 is 0 Å². The molecule has 0 saturated carbocycles. The Morgan fingerprint density at radius 1 is 0.946 bits per heavy atom. The van der Waals surface area contributed by atoms with Crippen LogP contribution in [0.1, 0.15) is 54.1 Å². The van der Waals surface area contributed by atoms with Crippen LogP contribution in [0.5, 0.6) is 0 Å². The van der Waals surface area contributed by atoms with Crippen LogP contribution in [0.25, 0.3) is 22.3 Å². The van der Waals surface area contributed by atoms with E-state index in [0.717, 1.165) is 52.9 Å². The number of hydrogen-bond donors (Lipinski definition) is 2. The minimum atomic E-state index is -0.418. The minimum absolute atomic E-state index is 0.353. The fraction of sp³-hybridized carbons (Fsp3) is 0.200. The average molecular weight is 492 g/mol. The first kappa shape index (κ1) is 25.4. The van der Waals surface area contributed by atoms with Gasteiger partial charge in [0.05, 0.1) is 17.8 Å². The van der Waals surface area contributed by atoms with E-state index in [4.69, 9.17) is 0 Å². The predicted molar refractivity (Wildman–Crippen MR) is 143 cm³/mol. The lowest BCUT2D eigenvalue weighted by atomic mass is 9.94. The number of nitrogens with one attached hydrogen (secondary N) is 2. The van der Waals surface area contributed by atoms with Gasteiger partial charge in [0.2, 0.25) is 5.91 Å². The molecule has 1 heterocycles. The second kappa shape index (κ2) is 11.8. The topological polar surface area (TPSA) is 99.8 Å². The Morgan fingerprint density at radius 3 is 2.35 bits per heavy atom. The summed E-state index contributed by atoms with van der Waals surface area (Å²) in [6.45, 7) is 3.90. The molecule has 4 rings (SSSR count). The zero-order valence-corrected chi connectivity index (χ0v) is 21.0. The van der Waals surface area contributed by atoms with Crippen molar-refractivity contribution in [3.05, 3.63) is 102 Å². The molecule has 2 N–H and O–H groups in total. The number of carbonyl (C=O) groups excluding carboxylic acids is 2. The molecule has 0 fully saturated rings. The highest BCUT2D eigenvalue weighted by Gasteiger charge is 2.17. The molecule has 0 bridgehead atoms. The van der Waals surface area contributed by atoms with Crippen molar-refractivity contribution in [1.82, 2.24) is 20.4 Å². The summed E-state index contributed by atoms with van der Waals surface area (Å²) in [6.07, 6.45) is 4.26. The monoisotopic (exact) mass is 491 g/mol. The number of imidazole rings is 1. The van der Waals surface area contributed by atoms with Crippen molar-refractivity contribution >= 4 is 11.8 Å². The van der Waals surface area contributed by atoms with E-state index in [9.17, 15) is 14.9 Å². The quantitative estimate of drug-likeness (QED) is 0.328. The molecule has 7 nitrogen and oxygen atoms in total. The molecule has 4 aromatic rings. The van der Waals surface area contributed by atoms with Gasteiger partial charge in [0, 0.05) is 25.5 Å². The summed E-state index contributed by atoms with van der Waals surface area (Å²) < 4.78 is 1.89. The number of aryl methyl sites for hydroxylation is 1. The molecule has 0 unspecified atom stereocenters. The van der Waals surface area contributed by atoms with Crippen molar-refractivity contribution in [2.24, 2.45) is 0 Å². The van der Waals surface area contributed by atoms with Gasteiger partial charge in [-0.3, -0.25) is 20.4 Å². The average Bonchev–Trinajstić information content (AvgIpc) is 3.33. The maximum atomic E-state index is 12.7. The van der Waals surface area contributed by atoms with Gasteiger partial charge in [0.25, 0.3) is 5.91 Å². The van der Waals surface area contributed by atoms with Gasteiger partial charge in [-0.25, -0.2) is 4.98 Å². The Balaban J connectivity index is 1.62. The Labute approximate surface area is 216 Å². The number of hydrazine groups is 1. The molecule has 0 saturated heterocycles. The van der Waals surface area contributed by atoms with Crippen LogP contribution < -0.4 is 10.9 Å². The molecule has 37 heavy (non-hydrogen) atoms. The highest BCUT2D eigenvalue weighted by atomic mass is 16.2. The third-order valence-corrected chi connectivity index (χ3v) is 6.13. The van der Waals surface area contributed by atoms with Crippen LogP contribution in [0.15, 0.2) is 79.0 Å². The SMILES string of the molecule is CCCCc1ncc(C(=O)NNC(C)=O)n1Cc1ccc(-c2cc(-c3ccccc3)ccc2C#N)cc1. The summed E-state index contributed by atoms with van der Waals surface area (Å²) >= 11 is 0. The molecule has 2 amide bonds. The van der Waals surface area contributed by atoms with Gasteiger partial charge >= 0.3 is 0 Å². The summed E-state index contributed by atoms with van der Waals surface area (Å²) in [4.78, 5) is 28.4. The minimum Gasteiger partial charge on any atom is -0.319 e. The second-order valence-electron chi connectivity index (χ2n) is 8.82. The van der Waals surface area contributed by atoms with Crippen LogP contribution in [0, 0.1) is 11.3 Å². The van der Waals surface area contributed by atoms with E-state index in [-0.39, 0.29) is 5.91 Å². The van der Waals surface area contributed by atoms with Crippen molar-refractivity contribution in [3.8, 4) is 28.3 Å². The molecule has 0 aliphatic rings. The summed E-state index contributed by atoms with van der Waals surface area (Å²) in [5, 5.41) is 9.70. The van der Waals surface area contributed by atoms with Gasteiger partial charge in [0.15, 0.2) is 0 Å². The summed E-state index contributed by atoms with van der Waals surface area (Å²) in [5.41, 5.74) is 10.7. The molecule has 3 aromatic carbocycles. The fourth-order valence-corrected chi connectivity index (χ4v) is 4.18. The normalized spacial score (nSPS) is 10.5. The molecule has 0 spiro atoms. The van der Waals surface area contributed by atoms with Gasteiger partial charge in [-0.05, 0) is 40.8 Å². The zero-order chi connectivity index (χ0) is 26.2. The predicted octanol–water partition coefficient (Wildman–Crippen LogP) is 5.26. The van der Waals surface area contributed by atoms with E-state index in [1.807, 2.05) is 65.2 Å². The van der Waals surface area contributed by atoms with Crippen molar-refractivity contribution in [2.45, 2.75) is 39.7 Å². The maximum Gasteiger partial charge on any atom is 0.287 e. The van der Waals surface area contributed by atoms with Gasteiger partial charge < -0.3 is 4.57 Å². The lowest BCUT2D eigenvalue weighted by molar-refractivity contribution is -0.119. The van der Waals surface area contributed by atoms with Crippen LogP contribution in [0.2, 0.25) is 0 Å². The summed E-state index contributed by atoms with van der Waals surface area (Å²) in [6, 6.07) is 26.3. The standard InChI is InChI=1S/C30H29N5O2/c1-3-4-10-29-32-19-28(30(37)34-33-21(2)36)35(29)20-22-11-13-24(14-12-22)27-17-25(15-16-26(27)18-31)23-8-6-5-7-9-23/h5-9,11-17,19H,3-4,10,20H2,1-2H3,(H,33,36)(H,34,37). The second-order valence-corrected chi connectivity index (χ2v) is 8.82. The number of nitrogens with zero attached hydrogens (tertiary/aromatic N) is 3. The Hall–Kier alpha value is -4.70. The molecule has 0 atom stereocenters. The third kappa shape index (κ3) is 6.11. The highest BCUT2D eigenvalue weighted by Crippen LogP contribution is 2.30. The lowest BCUT2D eigenvalue weighted by Crippen LogP contribution is -2.41. The molecular formula is C30H29N5O2. The van der Waals surface area contributed by atoms with E-state index in [1.165, 1.54) is 6.92 Å². The molecule has 186 valence electrons. The summed E-state index contributed by atoms with van der Waals surface area (Å²) in [5.74, 6) is 0.0500. The first-order valence-electron chi connectivity index (χ1n) is 12.3. The van der Waals surface area contributed by atoms with Gasteiger partial charge in [-0.1, -0.05) is 74.0 Å². The van der Waals surface area contributed by atoms with E-state index in [1.54, 1.807) is 6.20 Å². The first-order valence-corrected chi connectivity index (χ1v) is 12.3. The van der Waals surface area contributed by atoms with E-state index < -0.39 is 5.91 Å². The van der Waals surface area contributed by atoms with Crippen molar-refractivity contribution in [3.63, 3.8) is 0 Å². The van der Waals surface area contributed by atoms with E-state index in [0.29, 0.717) is 17.8 Å². The first-order chi connectivity index (χ1) is 18.0. The number of hydrogen-bond acceptors (Lipinski definition) is 4. The number of unbranched alkanes of at least 4 members (excludes halogenated alkanes) is 1. The number of rotatable bonds is 8. The Morgan fingerprint density at radius 2 is 1.68 bits per heavy atom. The maximum absolute atomic E-state index is 12.7. The largest absolute Gasteiger partial charge is 0.319 e. The van der Waals surface area contributed by atoms with Crippen molar-refractivity contribution in [1.29, 1.82) is 5.26 Å². The van der Waals surface area contributed by atoms with Gasteiger partial charge in [-0.2, -0.15) is 5.26 Å². The number of carbonyl (C=O) groups is 2. The van der Waals surface area contributed by atoms with Crippen LogP contribution in [0.4, 0.5) is 0 Å². The smallest absolute Gasteiger partial charge is 0.287 e. The van der Waals surface area contributed by atoms with Gasteiger partial charge in [0.1, 0.15) is 11.5 Å². The lowest BCUT2D eigenvalue weighted by Gasteiger charge is -2.13. The van der Waals surface area contributed by atoms with E-state index >= 15 is 0 Å². The zero-order valence-electron chi connectivity index (χ0n) is 21.0. The highest BCUT2D eigenvalue weighted by molar-refractivity contribution is 5.93. The molecule has 0 aliphatic carbocycles.